The van der Waals surface area contributed by atoms with E-state index in [-0.39, 0.29) is 22.9 Å². The van der Waals surface area contributed by atoms with Gasteiger partial charge in [0.15, 0.2) is 0 Å². The lowest BCUT2D eigenvalue weighted by atomic mass is 10.1. The van der Waals surface area contributed by atoms with Crippen LogP contribution in [0.5, 0.6) is 5.75 Å². The molecule has 0 radical (unpaired) electrons. The van der Waals surface area contributed by atoms with E-state index in [4.69, 9.17) is 16.3 Å². The fourth-order valence-electron chi connectivity index (χ4n) is 1.52. The third-order valence-electron chi connectivity index (χ3n) is 2.37. The predicted molar refractivity (Wildman–Crippen MR) is 72.1 cm³/mol. The zero-order valence-corrected chi connectivity index (χ0v) is 11.7. The second kappa shape index (κ2) is 5.12. The number of nitrogens with zero attached hydrogens (tertiary/aromatic N) is 1. The summed E-state index contributed by atoms with van der Waals surface area (Å²) in [5, 5.41) is 10.4. The molecule has 2 aromatic rings. The van der Waals surface area contributed by atoms with Crippen LogP contribution in [0, 0.1) is 0 Å². The van der Waals surface area contributed by atoms with Crippen LogP contribution in [0.2, 0.25) is 5.02 Å². The lowest BCUT2D eigenvalue weighted by Crippen LogP contribution is -2.06. The number of phenolic OH excluding ortho intramolecular Hbond substituents is 1. The molecule has 6 heteroatoms. The number of phenols is 1. The van der Waals surface area contributed by atoms with Gasteiger partial charge < -0.3 is 9.84 Å². The molecule has 2 rings (SSSR count). The van der Waals surface area contributed by atoms with E-state index < -0.39 is 5.97 Å². The normalized spacial score (nSPS) is 10.6. The number of halogens is 2. The molecular formula is C12H9BrClNO3. The summed E-state index contributed by atoms with van der Waals surface area (Å²) in [6.07, 6.45) is 1.34. The summed E-state index contributed by atoms with van der Waals surface area (Å²) in [6, 6.07) is 3.09. The molecule has 4 nitrogen and oxygen atoms in total. The predicted octanol–water partition coefficient (Wildman–Crippen LogP) is 3.53. The number of aromatic nitrogens is 1. The first-order chi connectivity index (χ1) is 8.54. The maximum absolute atomic E-state index is 11.7. The third-order valence-corrected chi connectivity index (χ3v) is 3.41. The molecule has 94 valence electrons. The molecule has 1 aromatic heterocycles. The first kappa shape index (κ1) is 13.1. The lowest BCUT2D eigenvalue weighted by Gasteiger charge is -2.07. The molecule has 0 atom stereocenters. The van der Waals surface area contributed by atoms with Gasteiger partial charge in [-0.15, -0.1) is 0 Å². The molecule has 0 spiro atoms. The van der Waals surface area contributed by atoms with E-state index in [9.17, 15) is 9.90 Å². The van der Waals surface area contributed by atoms with E-state index in [1.54, 1.807) is 13.0 Å². The number of esters is 1. The second-order valence-electron chi connectivity index (χ2n) is 3.53. The Morgan fingerprint density at radius 3 is 2.94 bits per heavy atom. The Kier molecular flexibility index (Phi) is 3.73. The van der Waals surface area contributed by atoms with Crippen LogP contribution in [0.15, 0.2) is 22.8 Å². The van der Waals surface area contributed by atoms with Crippen molar-refractivity contribution < 1.29 is 14.6 Å². The number of carbonyl (C=O) groups is 1. The van der Waals surface area contributed by atoms with Crippen LogP contribution < -0.4 is 0 Å². The zero-order chi connectivity index (χ0) is 13.3. The van der Waals surface area contributed by atoms with Gasteiger partial charge in [-0.2, -0.15) is 0 Å². The Labute approximate surface area is 117 Å². The van der Waals surface area contributed by atoms with Gasteiger partial charge in [-0.25, -0.2) is 4.79 Å². The molecular weight excluding hydrogens is 321 g/mol. The van der Waals surface area contributed by atoms with E-state index >= 15 is 0 Å². The van der Waals surface area contributed by atoms with Gasteiger partial charge >= 0.3 is 5.97 Å². The van der Waals surface area contributed by atoms with Crippen LogP contribution in [-0.4, -0.2) is 22.7 Å². The molecule has 0 fully saturated rings. The van der Waals surface area contributed by atoms with E-state index in [1.807, 2.05) is 0 Å². The van der Waals surface area contributed by atoms with Crippen LogP contribution in [0.3, 0.4) is 0 Å². The largest absolute Gasteiger partial charge is 0.507 e. The topological polar surface area (TPSA) is 59.4 Å². The fourth-order valence-corrected chi connectivity index (χ4v) is 2.14. The summed E-state index contributed by atoms with van der Waals surface area (Å²) in [7, 11) is 0. The van der Waals surface area contributed by atoms with Gasteiger partial charge in [0.25, 0.3) is 0 Å². The van der Waals surface area contributed by atoms with Gasteiger partial charge in [0.05, 0.1) is 27.2 Å². The van der Waals surface area contributed by atoms with Gasteiger partial charge in [0.2, 0.25) is 0 Å². The molecule has 0 unspecified atom stereocenters. The number of fused-ring (bicyclic) bond motifs is 1. The number of rotatable bonds is 2. The molecule has 0 bridgehead atoms. The van der Waals surface area contributed by atoms with Crippen molar-refractivity contribution in [3.8, 4) is 5.75 Å². The van der Waals surface area contributed by atoms with Crippen LogP contribution >= 0.6 is 27.5 Å². The van der Waals surface area contributed by atoms with Crippen LogP contribution in [-0.2, 0) is 4.74 Å². The Hall–Kier alpha value is -1.33. The molecule has 0 aliphatic heterocycles. The summed E-state index contributed by atoms with van der Waals surface area (Å²) < 4.78 is 5.37. The molecule has 0 aliphatic rings. The van der Waals surface area contributed by atoms with Crippen LogP contribution in [0.4, 0.5) is 0 Å². The highest BCUT2D eigenvalue weighted by Gasteiger charge is 2.16. The van der Waals surface area contributed by atoms with Crippen molar-refractivity contribution in [3.63, 3.8) is 0 Å². The number of pyridine rings is 1. The third kappa shape index (κ3) is 2.28. The number of hydrogen-bond donors (Lipinski definition) is 1. The molecule has 0 aliphatic carbocycles. The van der Waals surface area contributed by atoms with Crippen molar-refractivity contribution in [2.75, 3.05) is 6.61 Å². The van der Waals surface area contributed by atoms with Crippen LogP contribution in [0.1, 0.15) is 17.3 Å². The first-order valence-electron chi connectivity index (χ1n) is 5.18. The maximum atomic E-state index is 11.7. The Bertz CT molecular complexity index is 630. The summed E-state index contributed by atoms with van der Waals surface area (Å²) in [5.74, 6) is -0.448. The minimum Gasteiger partial charge on any atom is -0.507 e. The molecule has 1 heterocycles. The molecule has 0 saturated carbocycles. The van der Waals surface area contributed by atoms with Crippen molar-refractivity contribution >= 4 is 44.4 Å². The standard InChI is InChI=1S/C12H9BrClNO3/c1-2-18-12(17)7-5-15-9-4-10(16)8(13)3-6(9)11(7)14/h3-5,16H,2H2,1H3. The number of aromatic hydroxyl groups is 1. The monoisotopic (exact) mass is 329 g/mol. The second-order valence-corrected chi connectivity index (χ2v) is 4.76. The van der Waals surface area contributed by atoms with Crippen molar-refractivity contribution in [1.82, 2.24) is 4.98 Å². The van der Waals surface area contributed by atoms with E-state index in [1.165, 1.54) is 12.3 Å². The highest BCUT2D eigenvalue weighted by molar-refractivity contribution is 9.10. The van der Waals surface area contributed by atoms with Gasteiger partial charge in [-0.05, 0) is 28.9 Å². The van der Waals surface area contributed by atoms with Crippen molar-refractivity contribution in [3.05, 3.63) is 33.4 Å². The summed E-state index contributed by atoms with van der Waals surface area (Å²) in [4.78, 5) is 15.7. The smallest absolute Gasteiger partial charge is 0.341 e. The molecule has 18 heavy (non-hydrogen) atoms. The minimum atomic E-state index is -0.513. The lowest BCUT2D eigenvalue weighted by molar-refractivity contribution is 0.0526. The number of ether oxygens (including phenoxy) is 1. The van der Waals surface area contributed by atoms with Crippen molar-refractivity contribution in [1.29, 1.82) is 0 Å². The van der Waals surface area contributed by atoms with Crippen molar-refractivity contribution in [2.24, 2.45) is 0 Å². The SMILES string of the molecule is CCOC(=O)c1cnc2cc(O)c(Br)cc2c1Cl. The number of hydrogen-bond acceptors (Lipinski definition) is 4. The van der Waals surface area contributed by atoms with E-state index in [2.05, 4.69) is 20.9 Å². The van der Waals surface area contributed by atoms with E-state index in [0.717, 1.165) is 0 Å². The molecule has 1 aromatic carbocycles. The minimum absolute atomic E-state index is 0.0648. The zero-order valence-electron chi connectivity index (χ0n) is 9.41. The summed E-state index contributed by atoms with van der Waals surface area (Å²) in [5.41, 5.74) is 0.720. The van der Waals surface area contributed by atoms with Crippen molar-refractivity contribution in [2.45, 2.75) is 6.92 Å². The van der Waals surface area contributed by atoms with Gasteiger partial charge in [0, 0.05) is 17.6 Å². The van der Waals surface area contributed by atoms with Crippen LogP contribution in [0.25, 0.3) is 10.9 Å². The highest BCUT2D eigenvalue weighted by atomic mass is 79.9. The van der Waals surface area contributed by atoms with Gasteiger partial charge in [-0.3, -0.25) is 4.98 Å². The average molecular weight is 331 g/mol. The Balaban J connectivity index is 2.63. The number of benzene rings is 1. The fraction of sp³-hybridized carbons (Fsp3) is 0.167. The maximum Gasteiger partial charge on any atom is 0.341 e. The summed E-state index contributed by atoms with van der Waals surface area (Å²) >= 11 is 9.34. The quantitative estimate of drug-likeness (QED) is 0.856. The molecule has 0 amide bonds. The highest BCUT2D eigenvalue weighted by Crippen LogP contribution is 2.33. The molecule has 0 saturated heterocycles. The average Bonchev–Trinajstić information content (AvgIpc) is 2.32. The Morgan fingerprint density at radius 2 is 2.28 bits per heavy atom. The molecule has 1 N–H and O–H groups in total. The van der Waals surface area contributed by atoms with Gasteiger partial charge in [-0.1, -0.05) is 11.6 Å². The first-order valence-corrected chi connectivity index (χ1v) is 6.35. The van der Waals surface area contributed by atoms with E-state index in [0.29, 0.717) is 15.4 Å². The summed E-state index contributed by atoms with van der Waals surface area (Å²) in [6.45, 7) is 1.99. The number of carbonyl (C=O) groups excluding carboxylic acids is 1. The van der Waals surface area contributed by atoms with Gasteiger partial charge in [0.1, 0.15) is 5.75 Å². The Morgan fingerprint density at radius 1 is 1.56 bits per heavy atom.